The molecule has 1 amide bonds. The average Bonchev–Trinajstić information content (AvgIpc) is 2.62. The molecule has 132 valence electrons. The van der Waals surface area contributed by atoms with Crippen LogP contribution in [0.25, 0.3) is 11.1 Å². The van der Waals surface area contributed by atoms with Crippen LogP contribution in [0.15, 0.2) is 72.8 Å². The van der Waals surface area contributed by atoms with Crippen molar-refractivity contribution in [3.63, 3.8) is 0 Å². The minimum absolute atomic E-state index is 0.205. The predicted molar refractivity (Wildman–Crippen MR) is 105 cm³/mol. The maximum atomic E-state index is 12.6. The van der Waals surface area contributed by atoms with E-state index in [0.29, 0.717) is 5.56 Å². The van der Waals surface area contributed by atoms with Gasteiger partial charge in [0.25, 0.3) is 5.91 Å². The van der Waals surface area contributed by atoms with Crippen molar-refractivity contribution in [3.05, 3.63) is 89.5 Å². The van der Waals surface area contributed by atoms with Gasteiger partial charge in [-0.2, -0.15) is 0 Å². The first-order chi connectivity index (χ1) is 12.4. The van der Waals surface area contributed by atoms with E-state index in [0.717, 1.165) is 22.3 Å². The number of rotatable bonds is 4. The largest absolute Gasteiger partial charge is 0.508 e. The normalized spacial score (nSPS) is 13.0. The quantitative estimate of drug-likeness (QED) is 0.492. The van der Waals surface area contributed by atoms with Crippen molar-refractivity contribution >= 4 is 17.5 Å². The Kier molecular flexibility index (Phi) is 5.01. The van der Waals surface area contributed by atoms with Crippen molar-refractivity contribution < 1.29 is 9.90 Å². The Morgan fingerprint density at radius 3 is 2.04 bits per heavy atom. The number of phenolic OH excluding ortho intramolecular Hbond substituents is 1. The number of aryl methyl sites for hydroxylation is 1. The van der Waals surface area contributed by atoms with Gasteiger partial charge in [0, 0.05) is 5.56 Å². The highest BCUT2D eigenvalue weighted by atomic mass is 35.5. The Bertz CT molecular complexity index is 916. The van der Waals surface area contributed by atoms with Gasteiger partial charge >= 0.3 is 0 Å². The van der Waals surface area contributed by atoms with E-state index < -0.39 is 5.00 Å². The molecular formula is C22H20ClNO2. The van der Waals surface area contributed by atoms with Gasteiger partial charge in [0.2, 0.25) is 0 Å². The smallest absolute Gasteiger partial charge is 0.253 e. The first kappa shape index (κ1) is 18.0. The second kappa shape index (κ2) is 7.22. The zero-order valence-electron chi connectivity index (χ0n) is 14.7. The lowest BCUT2D eigenvalue weighted by atomic mass is 10.0. The molecule has 0 spiro atoms. The van der Waals surface area contributed by atoms with Crippen molar-refractivity contribution in [2.24, 2.45) is 0 Å². The third-order valence-electron chi connectivity index (χ3n) is 4.37. The highest BCUT2D eigenvalue weighted by molar-refractivity contribution is 6.25. The van der Waals surface area contributed by atoms with Crippen molar-refractivity contribution in [1.82, 2.24) is 5.32 Å². The number of carbonyl (C=O) groups is 1. The van der Waals surface area contributed by atoms with Crippen LogP contribution >= 0.6 is 11.6 Å². The second-order valence-electron chi connectivity index (χ2n) is 6.40. The van der Waals surface area contributed by atoms with E-state index in [9.17, 15) is 9.90 Å². The van der Waals surface area contributed by atoms with Gasteiger partial charge in [-0.3, -0.25) is 4.79 Å². The van der Waals surface area contributed by atoms with Crippen LogP contribution in [0.4, 0.5) is 0 Å². The molecule has 2 N–H and O–H groups in total. The molecule has 4 heteroatoms. The standard InChI is InChI=1S/C22H20ClNO2/c1-15-5-3-4-6-20(15)21(26)24-22(2,23)18-11-7-16(8-12-18)17-9-13-19(25)14-10-17/h3-14,25H,1-2H3,(H,24,26). The van der Waals surface area contributed by atoms with E-state index in [1.807, 2.05) is 61.5 Å². The molecule has 0 aromatic heterocycles. The molecule has 0 bridgehead atoms. The van der Waals surface area contributed by atoms with E-state index >= 15 is 0 Å². The van der Waals surface area contributed by atoms with Crippen molar-refractivity contribution in [3.8, 4) is 16.9 Å². The highest BCUT2D eigenvalue weighted by Gasteiger charge is 2.26. The number of phenols is 1. The van der Waals surface area contributed by atoms with Gasteiger partial charge in [-0.1, -0.05) is 66.2 Å². The van der Waals surface area contributed by atoms with Crippen LogP contribution in [0.3, 0.4) is 0 Å². The van der Waals surface area contributed by atoms with Gasteiger partial charge in [0.1, 0.15) is 10.7 Å². The van der Waals surface area contributed by atoms with E-state index in [-0.39, 0.29) is 11.7 Å². The summed E-state index contributed by atoms with van der Waals surface area (Å²) in [5.41, 5.74) is 4.31. The molecule has 0 aliphatic carbocycles. The fourth-order valence-corrected chi connectivity index (χ4v) is 3.02. The zero-order valence-corrected chi connectivity index (χ0v) is 15.4. The van der Waals surface area contributed by atoms with E-state index in [4.69, 9.17) is 11.6 Å². The SMILES string of the molecule is Cc1ccccc1C(=O)NC(C)(Cl)c1ccc(-c2ccc(O)cc2)cc1. The number of carbonyl (C=O) groups excluding carboxylic acids is 1. The molecule has 0 fully saturated rings. The Labute approximate surface area is 158 Å². The number of halogens is 1. The minimum atomic E-state index is -1.02. The van der Waals surface area contributed by atoms with Crippen molar-refractivity contribution in [1.29, 1.82) is 0 Å². The van der Waals surface area contributed by atoms with Gasteiger partial charge in [-0.05, 0) is 54.3 Å². The molecule has 1 unspecified atom stereocenters. The first-order valence-electron chi connectivity index (χ1n) is 8.34. The number of nitrogens with one attached hydrogen (secondary N) is 1. The number of benzene rings is 3. The third kappa shape index (κ3) is 3.89. The number of alkyl halides is 1. The third-order valence-corrected chi connectivity index (χ3v) is 4.68. The lowest BCUT2D eigenvalue weighted by Gasteiger charge is -2.25. The molecule has 0 saturated carbocycles. The molecule has 3 rings (SSSR count). The van der Waals surface area contributed by atoms with E-state index in [2.05, 4.69) is 5.32 Å². The zero-order chi connectivity index (χ0) is 18.7. The maximum absolute atomic E-state index is 12.6. The van der Waals surface area contributed by atoms with Crippen LogP contribution in [0.1, 0.15) is 28.4 Å². The number of hydrogen-bond acceptors (Lipinski definition) is 2. The molecule has 3 nitrogen and oxygen atoms in total. The van der Waals surface area contributed by atoms with E-state index in [1.54, 1.807) is 25.1 Å². The lowest BCUT2D eigenvalue weighted by Crippen LogP contribution is -2.39. The monoisotopic (exact) mass is 365 g/mol. The van der Waals surface area contributed by atoms with Gasteiger partial charge in [-0.15, -0.1) is 0 Å². The summed E-state index contributed by atoms with van der Waals surface area (Å²) < 4.78 is 0. The van der Waals surface area contributed by atoms with Gasteiger partial charge in [-0.25, -0.2) is 0 Å². The number of amides is 1. The lowest BCUT2D eigenvalue weighted by molar-refractivity contribution is 0.0930. The van der Waals surface area contributed by atoms with Gasteiger partial charge in [0.05, 0.1) is 0 Å². The summed E-state index contributed by atoms with van der Waals surface area (Å²) in [5, 5.41) is 12.3. The van der Waals surface area contributed by atoms with Crippen LogP contribution in [0.2, 0.25) is 0 Å². The Morgan fingerprint density at radius 1 is 0.923 bits per heavy atom. The molecule has 1 atom stereocenters. The van der Waals surface area contributed by atoms with Crippen LogP contribution < -0.4 is 5.32 Å². The summed E-state index contributed by atoms with van der Waals surface area (Å²) in [6.07, 6.45) is 0. The fraction of sp³-hybridized carbons (Fsp3) is 0.136. The topological polar surface area (TPSA) is 49.3 Å². The second-order valence-corrected chi connectivity index (χ2v) is 7.15. The van der Waals surface area contributed by atoms with Crippen molar-refractivity contribution in [2.45, 2.75) is 18.8 Å². The Balaban J connectivity index is 1.80. The summed E-state index contributed by atoms with van der Waals surface area (Å²) in [6.45, 7) is 3.66. The fourth-order valence-electron chi connectivity index (χ4n) is 2.81. The van der Waals surface area contributed by atoms with Crippen LogP contribution in [-0.2, 0) is 5.00 Å². The van der Waals surface area contributed by atoms with Gasteiger partial charge < -0.3 is 10.4 Å². The molecule has 0 heterocycles. The van der Waals surface area contributed by atoms with Crippen LogP contribution in [0.5, 0.6) is 5.75 Å². The van der Waals surface area contributed by atoms with Crippen LogP contribution in [0, 0.1) is 6.92 Å². The van der Waals surface area contributed by atoms with Crippen LogP contribution in [-0.4, -0.2) is 11.0 Å². The van der Waals surface area contributed by atoms with Crippen molar-refractivity contribution in [2.75, 3.05) is 0 Å². The summed E-state index contributed by atoms with van der Waals surface area (Å²) in [6, 6.07) is 22.1. The maximum Gasteiger partial charge on any atom is 0.253 e. The summed E-state index contributed by atoms with van der Waals surface area (Å²) in [7, 11) is 0. The summed E-state index contributed by atoms with van der Waals surface area (Å²) in [4.78, 5) is 11.5. The predicted octanol–water partition coefficient (Wildman–Crippen LogP) is 5.21. The molecule has 3 aromatic rings. The average molecular weight is 366 g/mol. The van der Waals surface area contributed by atoms with E-state index in [1.165, 1.54) is 0 Å². The molecule has 0 saturated heterocycles. The summed E-state index contributed by atoms with van der Waals surface area (Å²) >= 11 is 6.61. The molecule has 0 aliphatic heterocycles. The first-order valence-corrected chi connectivity index (χ1v) is 8.71. The number of hydrogen-bond donors (Lipinski definition) is 2. The number of aromatic hydroxyl groups is 1. The minimum Gasteiger partial charge on any atom is -0.508 e. The molecule has 3 aromatic carbocycles. The molecule has 26 heavy (non-hydrogen) atoms. The molecule has 0 aliphatic rings. The molecule has 0 radical (unpaired) electrons. The highest BCUT2D eigenvalue weighted by Crippen LogP contribution is 2.29. The molecular weight excluding hydrogens is 346 g/mol. The Hall–Kier alpha value is -2.78. The Morgan fingerprint density at radius 2 is 1.46 bits per heavy atom. The summed E-state index contributed by atoms with van der Waals surface area (Å²) in [5.74, 6) is 0.0285. The van der Waals surface area contributed by atoms with Gasteiger partial charge in [0.15, 0.2) is 0 Å².